The van der Waals surface area contributed by atoms with Gasteiger partial charge in [-0.15, -0.1) is 0 Å². The van der Waals surface area contributed by atoms with Crippen LogP contribution in [-0.4, -0.2) is 66.3 Å². The van der Waals surface area contributed by atoms with Gasteiger partial charge in [0.05, 0.1) is 24.3 Å². The van der Waals surface area contributed by atoms with E-state index in [-0.39, 0.29) is 43.3 Å². The minimum Gasteiger partial charge on any atom is -0.465 e. The van der Waals surface area contributed by atoms with Crippen LogP contribution in [0.1, 0.15) is 98.3 Å². The third-order valence-corrected chi connectivity index (χ3v) is 7.69. The molecule has 272 valence electrons. The third-order valence-electron chi connectivity index (χ3n) is 7.69. The first-order valence-corrected chi connectivity index (χ1v) is 17.8. The molecule has 1 aliphatic carbocycles. The lowest BCUT2D eigenvalue weighted by atomic mass is 9.87. The van der Waals surface area contributed by atoms with Gasteiger partial charge in [0.25, 0.3) is 0 Å². The van der Waals surface area contributed by atoms with Crippen LogP contribution in [0.5, 0.6) is 0 Å². The minimum absolute atomic E-state index is 0.0875. The standard InChI is InChI=1S/C39H60N4O6/c1-5-8-9-10-11-12-13-14-15-16-17-18-19-20-21-22-23-24-25-26-36(45)40-27-28-41-38(46)32-29-34(43-39(47)48)37(42-31(4)44)35(30-32)49-33(6-2)7-3/h8-9,11-12,14-15,17-18,20-21,23-24,30,33-35,37,43H,5-7,10,13,16,19,22,25-29H2,1-4H3,(H,40,45)(H,41,46)(H,42,44)(H,47,48)/t34-,35+,37+/m0/s1. The van der Waals surface area contributed by atoms with E-state index in [1.807, 2.05) is 26.0 Å². The van der Waals surface area contributed by atoms with E-state index in [1.165, 1.54) is 6.92 Å². The van der Waals surface area contributed by atoms with Gasteiger partial charge in [-0.2, -0.15) is 0 Å². The average Bonchev–Trinajstić information content (AvgIpc) is 3.07. The zero-order valence-corrected chi connectivity index (χ0v) is 30.0. The summed E-state index contributed by atoms with van der Waals surface area (Å²) < 4.78 is 6.19. The lowest BCUT2D eigenvalue weighted by molar-refractivity contribution is -0.122. The molecular weight excluding hydrogens is 620 g/mol. The van der Waals surface area contributed by atoms with Crippen LogP contribution in [-0.2, 0) is 19.1 Å². The number of allylic oxidation sites excluding steroid dienone is 12. The van der Waals surface area contributed by atoms with Crippen LogP contribution in [0.4, 0.5) is 4.79 Å². The summed E-state index contributed by atoms with van der Waals surface area (Å²) in [5, 5.41) is 20.2. The fourth-order valence-electron chi connectivity index (χ4n) is 5.11. The Labute approximate surface area is 294 Å². The van der Waals surface area contributed by atoms with Gasteiger partial charge in [0, 0.05) is 38.4 Å². The normalized spacial score (nSPS) is 18.4. The van der Waals surface area contributed by atoms with E-state index in [1.54, 1.807) is 6.08 Å². The van der Waals surface area contributed by atoms with Crippen molar-refractivity contribution >= 4 is 23.8 Å². The Hall–Kier alpha value is -4.18. The Bertz CT molecular complexity index is 1200. The third kappa shape index (κ3) is 21.4. The summed E-state index contributed by atoms with van der Waals surface area (Å²) in [5.74, 6) is -0.796. The molecule has 0 aromatic carbocycles. The van der Waals surface area contributed by atoms with Gasteiger partial charge in [-0.1, -0.05) is 93.7 Å². The van der Waals surface area contributed by atoms with Gasteiger partial charge in [0.15, 0.2) is 0 Å². The average molecular weight is 681 g/mol. The van der Waals surface area contributed by atoms with Crippen LogP contribution in [0.25, 0.3) is 0 Å². The highest BCUT2D eigenvalue weighted by Gasteiger charge is 2.38. The molecule has 1 aliphatic rings. The highest BCUT2D eigenvalue weighted by molar-refractivity contribution is 5.94. The van der Waals surface area contributed by atoms with E-state index in [2.05, 4.69) is 89.0 Å². The van der Waals surface area contributed by atoms with Crippen molar-refractivity contribution in [3.8, 4) is 0 Å². The quantitative estimate of drug-likeness (QED) is 0.0564. The summed E-state index contributed by atoms with van der Waals surface area (Å²) >= 11 is 0. The van der Waals surface area contributed by atoms with Crippen molar-refractivity contribution in [2.45, 2.75) is 123 Å². The highest BCUT2D eigenvalue weighted by Crippen LogP contribution is 2.24. The summed E-state index contributed by atoms with van der Waals surface area (Å²) in [5.41, 5.74) is 0.361. The maximum Gasteiger partial charge on any atom is 0.404 e. The number of nitrogens with one attached hydrogen (secondary N) is 4. The predicted molar refractivity (Wildman–Crippen MR) is 198 cm³/mol. The number of rotatable bonds is 24. The van der Waals surface area contributed by atoms with Gasteiger partial charge in [-0.25, -0.2) is 4.79 Å². The molecule has 10 heteroatoms. The first kappa shape index (κ1) is 42.8. The summed E-state index contributed by atoms with van der Waals surface area (Å²) in [6, 6.07) is -1.41. The first-order chi connectivity index (χ1) is 23.7. The van der Waals surface area contributed by atoms with E-state index in [4.69, 9.17) is 4.74 Å². The van der Waals surface area contributed by atoms with Crippen molar-refractivity contribution in [3.05, 3.63) is 84.6 Å². The van der Waals surface area contributed by atoms with Crippen molar-refractivity contribution in [1.29, 1.82) is 0 Å². The van der Waals surface area contributed by atoms with Crippen molar-refractivity contribution in [3.63, 3.8) is 0 Å². The molecule has 10 nitrogen and oxygen atoms in total. The monoisotopic (exact) mass is 680 g/mol. The zero-order valence-electron chi connectivity index (χ0n) is 30.0. The second-order valence-corrected chi connectivity index (χ2v) is 11.8. The summed E-state index contributed by atoms with van der Waals surface area (Å²) in [6.07, 6.45) is 33.6. The molecule has 49 heavy (non-hydrogen) atoms. The van der Waals surface area contributed by atoms with Gasteiger partial charge in [0.1, 0.15) is 0 Å². The second-order valence-electron chi connectivity index (χ2n) is 11.8. The molecule has 0 spiro atoms. The lowest BCUT2D eigenvalue weighted by Gasteiger charge is -2.38. The molecule has 0 aromatic heterocycles. The maximum absolute atomic E-state index is 13.0. The van der Waals surface area contributed by atoms with Gasteiger partial charge in [-0.3, -0.25) is 14.4 Å². The molecule has 1 rings (SSSR count). The molecule has 0 bridgehead atoms. The molecule has 3 atom stereocenters. The van der Waals surface area contributed by atoms with Crippen molar-refractivity contribution in [2.75, 3.05) is 13.1 Å². The van der Waals surface area contributed by atoms with E-state index >= 15 is 0 Å². The molecule has 0 aromatic rings. The largest absolute Gasteiger partial charge is 0.465 e. The molecule has 0 radical (unpaired) electrons. The number of amides is 4. The fourth-order valence-corrected chi connectivity index (χ4v) is 5.11. The molecule has 0 fully saturated rings. The fraction of sp³-hybridized carbons (Fsp3) is 0.538. The molecular formula is C39H60N4O6. The van der Waals surface area contributed by atoms with E-state index in [0.29, 0.717) is 18.4 Å². The van der Waals surface area contributed by atoms with Gasteiger partial charge in [0.2, 0.25) is 17.7 Å². The zero-order chi connectivity index (χ0) is 36.1. The van der Waals surface area contributed by atoms with Crippen LogP contribution in [0.2, 0.25) is 0 Å². The Balaban J connectivity index is 2.36. The topological polar surface area (TPSA) is 146 Å². The maximum atomic E-state index is 13.0. The number of hydrogen-bond acceptors (Lipinski definition) is 5. The van der Waals surface area contributed by atoms with Gasteiger partial charge >= 0.3 is 6.09 Å². The minimum atomic E-state index is -1.25. The van der Waals surface area contributed by atoms with Crippen molar-refractivity contribution in [2.24, 2.45) is 0 Å². The molecule has 0 unspecified atom stereocenters. The number of ether oxygens (including phenoxy) is 1. The van der Waals surface area contributed by atoms with Crippen LogP contribution in [0, 0.1) is 0 Å². The number of hydrogen-bond donors (Lipinski definition) is 5. The predicted octanol–water partition coefficient (Wildman–Crippen LogP) is 6.74. The van der Waals surface area contributed by atoms with Crippen LogP contribution < -0.4 is 21.3 Å². The Morgan fingerprint density at radius 3 is 1.78 bits per heavy atom. The van der Waals surface area contributed by atoms with Crippen LogP contribution in [0.3, 0.4) is 0 Å². The summed E-state index contributed by atoms with van der Waals surface area (Å²) in [6.45, 7) is 7.93. The molecule has 5 N–H and O–H groups in total. The Kier molecular flexibility index (Phi) is 24.3. The number of carbonyl (C=O) groups excluding carboxylic acids is 3. The van der Waals surface area contributed by atoms with Crippen LogP contribution in [0.15, 0.2) is 84.6 Å². The second kappa shape index (κ2) is 27.7. The van der Waals surface area contributed by atoms with Gasteiger partial charge < -0.3 is 31.1 Å². The van der Waals surface area contributed by atoms with Crippen molar-refractivity contribution in [1.82, 2.24) is 21.3 Å². The Morgan fingerprint density at radius 1 is 0.776 bits per heavy atom. The molecule has 0 saturated heterocycles. The smallest absolute Gasteiger partial charge is 0.404 e. The SMILES string of the molecule is CCC=CCC=CCC=CCC=CCC=CCC=CCCC(=O)NCCNC(=O)C1=C[C@@H](OC(CC)CC)[C@H](NC(C)=O)[C@@H](NC(=O)O)C1. The molecule has 0 saturated carbocycles. The molecule has 0 aliphatic heterocycles. The van der Waals surface area contributed by atoms with E-state index < -0.39 is 24.3 Å². The van der Waals surface area contributed by atoms with Gasteiger partial charge in [-0.05, 0) is 63.9 Å². The number of carbonyl (C=O) groups is 4. The lowest BCUT2D eigenvalue weighted by Crippen LogP contribution is -2.59. The molecule has 4 amide bonds. The summed E-state index contributed by atoms with van der Waals surface area (Å²) in [7, 11) is 0. The van der Waals surface area contributed by atoms with Crippen LogP contribution >= 0.6 is 0 Å². The first-order valence-electron chi connectivity index (χ1n) is 17.8. The molecule has 0 heterocycles. The van der Waals surface area contributed by atoms with Crippen molar-refractivity contribution < 1.29 is 29.0 Å². The van der Waals surface area contributed by atoms with E-state index in [9.17, 15) is 24.3 Å². The summed E-state index contributed by atoms with van der Waals surface area (Å²) in [4.78, 5) is 48.6. The Morgan fingerprint density at radius 2 is 1.29 bits per heavy atom. The van der Waals surface area contributed by atoms with E-state index in [0.717, 1.165) is 51.4 Å². The number of carboxylic acid groups (broad SMARTS) is 1. The highest BCUT2D eigenvalue weighted by atomic mass is 16.5.